The van der Waals surface area contributed by atoms with Gasteiger partial charge in [0.2, 0.25) is 0 Å². The van der Waals surface area contributed by atoms with E-state index >= 15 is 0 Å². The topological polar surface area (TPSA) is 78.9 Å². The first-order valence-electron chi connectivity index (χ1n) is 25.0. The SMILES string of the molecule is CCCCCCCCCCCCCCCCCCCC(=O)OC[C@@H](COC(=O)CCCCCCCCCCCC)OC(=O)CCCCCCCCCCCCC. The maximum absolute atomic E-state index is 12.7. The van der Waals surface area contributed by atoms with E-state index < -0.39 is 6.10 Å². The molecule has 0 bridgehead atoms. The van der Waals surface area contributed by atoms with Crippen LogP contribution in [0.2, 0.25) is 0 Å². The summed E-state index contributed by atoms with van der Waals surface area (Å²) in [6.07, 6.45) is 48.0. The van der Waals surface area contributed by atoms with Crippen LogP contribution in [0.15, 0.2) is 0 Å². The maximum atomic E-state index is 12.7. The number of carbonyl (C=O) groups excluding carboxylic acids is 3. The van der Waals surface area contributed by atoms with E-state index in [9.17, 15) is 14.4 Å². The van der Waals surface area contributed by atoms with Gasteiger partial charge in [-0.25, -0.2) is 0 Å². The first kappa shape index (κ1) is 54.4. The van der Waals surface area contributed by atoms with E-state index in [0.29, 0.717) is 19.3 Å². The van der Waals surface area contributed by atoms with Crippen molar-refractivity contribution in [2.75, 3.05) is 13.2 Å². The summed E-state index contributed by atoms with van der Waals surface area (Å²) in [7, 11) is 0. The van der Waals surface area contributed by atoms with Crippen LogP contribution in [0.4, 0.5) is 0 Å². The van der Waals surface area contributed by atoms with Gasteiger partial charge in [0, 0.05) is 19.3 Å². The van der Waals surface area contributed by atoms with E-state index in [1.807, 2.05) is 0 Å². The highest BCUT2D eigenvalue weighted by Gasteiger charge is 2.19. The normalized spacial score (nSPS) is 11.8. The molecule has 0 rings (SSSR count). The van der Waals surface area contributed by atoms with Gasteiger partial charge >= 0.3 is 17.9 Å². The van der Waals surface area contributed by atoms with Crippen molar-refractivity contribution in [3.8, 4) is 0 Å². The fourth-order valence-electron chi connectivity index (χ4n) is 7.56. The van der Waals surface area contributed by atoms with Gasteiger partial charge in [-0.3, -0.25) is 14.4 Å². The number of esters is 3. The van der Waals surface area contributed by atoms with Crippen molar-refractivity contribution >= 4 is 17.9 Å². The average molecular weight is 793 g/mol. The summed E-state index contributed by atoms with van der Waals surface area (Å²) in [5.74, 6) is -0.847. The molecule has 56 heavy (non-hydrogen) atoms. The molecular weight excluding hydrogens is 697 g/mol. The molecule has 0 saturated heterocycles. The molecule has 6 heteroatoms. The molecule has 332 valence electrons. The second-order valence-electron chi connectivity index (χ2n) is 17.1. The molecular formula is C50H96O6. The number of ether oxygens (including phenoxy) is 3. The predicted molar refractivity (Wildman–Crippen MR) is 238 cm³/mol. The summed E-state index contributed by atoms with van der Waals surface area (Å²) in [6, 6.07) is 0. The van der Waals surface area contributed by atoms with Gasteiger partial charge in [-0.1, -0.05) is 245 Å². The predicted octanol–water partition coefficient (Wildman–Crippen LogP) is 16.0. The summed E-state index contributed by atoms with van der Waals surface area (Å²) in [5, 5.41) is 0. The fraction of sp³-hybridized carbons (Fsp3) is 0.940. The molecule has 0 aromatic heterocycles. The Morgan fingerprint density at radius 2 is 0.482 bits per heavy atom. The summed E-state index contributed by atoms with van der Waals surface area (Å²) < 4.78 is 16.8. The van der Waals surface area contributed by atoms with Crippen LogP contribution in [0.5, 0.6) is 0 Å². The minimum Gasteiger partial charge on any atom is -0.462 e. The van der Waals surface area contributed by atoms with Crippen molar-refractivity contribution in [3.63, 3.8) is 0 Å². The van der Waals surface area contributed by atoms with Gasteiger partial charge in [0.05, 0.1) is 0 Å². The number of rotatable bonds is 46. The average Bonchev–Trinajstić information content (AvgIpc) is 3.19. The number of carbonyl (C=O) groups is 3. The lowest BCUT2D eigenvalue weighted by Crippen LogP contribution is -2.30. The maximum Gasteiger partial charge on any atom is 0.306 e. The first-order chi connectivity index (χ1) is 27.5. The Labute approximate surface area is 348 Å². The third-order valence-corrected chi connectivity index (χ3v) is 11.4. The van der Waals surface area contributed by atoms with Crippen molar-refractivity contribution < 1.29 is 28.6 Å². The number of hydrogen-bond acceptors (Lipinski definition) is 6. The molecule has 0 saturated carbocycles. The fourth-order valence-corrected chi connectivity index (χ4v) is 7.56. The summed E-state index contributed by atoms with van der Waals surface area (Å²) in [6.45, 7) is 6.66. The Morgan fingerprint density at radius 1 is 0.286 bits per heavy atom. The highest BCUT2D eigenvalue weighted by atomic mass is 16.6. The van der Waals surface area contributed by atoms with E-state index in [1.54, 1.807) is 0 Å². The van der Waals surface area contributed by atoms with Gasteiger partial charge in [-0.15, -0.1) is 0 Å². The molecule has 0 aliphatic heterocycles. The van der Waals surface area contributed by atoms with Crippen LogP contribution in [0.1, 0.15) is 284 Å². The van der Waals surface area contributed by atoms with Crippen LogP contribution in [-0.4, -0.2) is 37.2 Å². The Kier molecular flexibility index (Phi) is 44.8. The standard InChI is InChI=1S/C50H96O6/c1-4-7-10-13-16-19-22-23-24-25-26-27-29-31-34-37-40-43-49(52)55-46-47(45-54-48(51)42-39-36-33-30-21-18-15-12-9-6-3)56-50(53)44-41-38-35-32-28-20-17-14-11-8-5-2/h47H,4-46H2,1-3H3/t47-/m1/s1. The molecule has 0 heterocycles. The molecule has 0 amide bonds. The molecule has 1 atom stereocenters. The van der Waals surface area contributed by atoms with Gasteiger partial charge in [-0.2, -0.15) is 0 Å². The number of unbranched alkanes of at least 4 members (excludes halogenated alkanes) is 35. The molecule has 6 nitrogen and oxygen atoms in total. The monoisotopic (exact) mass is 793 g/mol. The quantitative estimate of drug-likeness (QED) is 0.0347. The van der Waals surface area contributed by atoms with Crippen molar-refractivity contribution in [2.24, 2.45) is 0 Å². The third kappa shape index (κ3) is 43.5. The van der Waals surface area contributed by atoms with Crippen LogP contribution in [0, 0.1) is 0 Å². The molecule has 0 fully saturated rings. The van der Waals surface area contributed by atoms with E-state index in [4.69, 9.17) is 14.2 Å². The van der Waals surface area contributed by atoms with Gasteiger partial charge in [0.25, 0.3) is 0 Å². The Morgan fingerprint density at radius 3 is 0.714 bits per heavy atom. The van der Waals surface area contributed by atoms with Crippen LogP contribution >= 0.6 is 0 Å². The summed E-state index contributed by atoms with van der Waals surface area (Å²) >= 11 is 0. The zero-order valence-corrected chi connectivity index (χ0v) is 37.9. The van der Waals surface area contributed by atoms with Crippen molar-refractivity contribution in [2.45, 2.75) is 290 Å². The van der Waals surface area contributed by atoms with E-state index in [0.717, 1.165) is 57.8 Å². The lowest BCUT2D eigenvalue weighted by atomic mass is 10.0. The second-order valence-corrected chi connectivity index (χ2v) is 17.1. The molecule has 0 aliphatic rings. The van der Waals surface area contributed by atoms with E-state index in [1.165, 1.54) is 186 Å². The lowest BCUT2D eigenvalue weighted by Gasteiger charge is -2.18. The van der Waals surface area contributed by atoms with Crippen molar-refractivity contribution in [1.29, 1.82) is 0 Å². The Hall–Kier alpha value is -1.59. The van der Waals surface area contributed by atoms with Crippen LogP contribution in [0.25, 0.3) is 0 Å². The third-order valence-electron chi connectivity index (χ3n) is 11.4. The molecule has 0 aliphatic carbocycles. The van der Waals surface area contributed by atoms with Crippen LogP contribution < -0.4 is 0 Å². The number of hydrogen-bond donors (Lipinski definition) is 0. The van der Waals surface area contributed by atoms with Crippen LogP contribution in [0.3, 0.4) is 0 Å². The van der Waals surface area contributed by atoms with Gasteiger partial charge in [-0.05, 0) is 19.3 Å². The highest BCUT2D eigenvalue weighted by Crippen LogP contribution is 2.16. The van der Waals surface area contributed by atoms with E-state index in [2.05, 4.69) is 20.8 Å². The molecule has 0 N–H and O–H groups in total. The Bertz CT molecular complexity index is 828. The molecule has 0 spiro atoms. The zero-order valence-electron chi connectivity index (χ0n) is 37.9. The lowest BCUT2D eigenvalue weighted by molar-refractivity contribution is -0.167. The first-order valence-corrected chi connectivity index (χ1v) is 25.0. The molecule has 0 aromatic rings. The van der Waals surface area contributed by atoms with Crippen LogP contribution in [-0.2, 0) is 28.6 Å². The van der Waals surface area contributed by atoms with Crippen molar-refractivity contribution in [1.82, 2.24) is 0 Å². The van der Waals surface area contributed by atoms with Gasteiger partial charge in [0.1, 0.15) is 13.2 Å². The van der Waals surface area contributed by atoms with Gasteiger partial charge in [0.15, 0.2) is 6.10 Å². The van der Waals surface area contributed by atoms with Crippen molar-refractivity contribution in [3.05, 3.63) is 0 Å². The minimum atomic E-state index is -0.758. The summed E-state index contributed by atoms with van der Waals surface area (Å²) in [4.78, 5) is 37.8. The Balaban J connectivity index is 4.24. The molecule has 0 aromatic carbocycles. The highest BCUT2D eigenvalue weighted by molar-refractivity contribution is 5.71. The van der Waals surface area contributed by atoms with E-state index in [-0.39, 0.29) is 31.1 Å². The molecule has 0 unspecified atom stereocenters. The summed E-state index contributed by atoms with van der Waals surface area (Å²) in [5.41, 5.74) is 0. The zero-order chi connectivity index (χ0) is 40.8. The molecule has 0 radical (unpaired) electrons. The van der Waals surface area contributed by atoms with Gasteiger partial charge < -0.3 is 14.2 Å². The largest absolute Gasteiger partial charge is 0.462 e. The minimum absolute atomic E-state index is 0.0622. The smallest absolute Gasteiger partial charge is 0.306 e. The second kappa shape index (κ2) is 46.1.